The highest BCUT2D eigenvalue weighted by Crippen LogP contribution is 2.25. The molecule has 0 fully saturated rings. The maximum absolute atomic E-state index is 10.9. The third-order valence-corrected chi connectivity index (χ3v) is 4.80. The van der Waals surface area contributed by atoms with Gasteiger partial charge in [-0.15, -0.1) is 11.3 Å². The molecule has 1 unspecified atom stereocenters. The average Bonchev–Trinajstić information content (AvgIpc) is 2.49. The first-order valence-corrected chi connectivity index (χ1v) is 8.50. The number of aliphatic hydroxyl groups excluding tert-OH is 1. The molecule has 1 rings (SSSR count). The van der Waals surface area contributed by atoms with E-state index in [0.29, 0.717) is 12.8 Å². The molecule has 0 radical (unpaired) electrons. The summed E-state index contributed by atoms with van der Waals surface area (Å²) in [6.07, 6.45) is 1.69. The van der Waals surface area contributed by atoms with Gasteiger partial charge in [0.1, 0.15) is 9.84 Å². The molecule has 0 aliphatic rings. The number of aliphatic hydroxyl groups is 1. The van der Waals surface area contributed by atoms with Crippen LogP contribution < -0.4 is 0 Å². The molecule has 0 amide bonds. The predicted molar refractivity (Wildman–Crippen MR) is 70.9 cm³/mol. The van der Waals surface area contributed by atoms with Crippen LogP contribution in [0.25, 0.3) is 0 Å². The molecule has 0 aromatic carbocycles. The second-order valence-electron chi connectivity index (χ2n) is 3.47. The van der Waals surface area contributed by atoms with Crippen LogP contribution in [0.1, 0.15) is 24.5 Å². The summed E-state index contributed by atoms with van der Waals surface area (Å²) in [5.41, 5.74) is 0.887. The van der Waals surface area contributed by atoms with Crippen LogP contribution in [0.4, 0.5) is 0 Å². The molecule has 1 atom stereocenters. The minimum absolute atomic E-state index is 0.144. The highest BCUT2D eigenvalue weighted by Gasteiger charge is 2.10. The third kappa shape index (κ3) is 5.28. The summed E-state index contributed by atoms with van der Waals surface area (Å²) in [5, 5.41) is 11.6. The van der Waals surface area contributed by atoms with Crippen molar-refractivity contribution in [2.24, 2.45) is 0 Å². The van der Waals surface area contributed by atoms with Gasteiger partial charge in [0.15, 0.2) is 0 Å². The minimum atomic E-state index is -2.91. The van der Waals surface area contributed by atoms with Crippen molar-refractivity contribution in [2.75, 3.05) is 12.0 Å². The molecule has 1 heterocycles. The Hall–Kier alpha value is 0.340. The fraction of sp³-hybridized carbons (Fsp3) is 0.556. The van der Waals surface area contributed by atoms with Crippen molar-refractivity contribution in [3.8, 4) is 0 Å². The van der Waals surface area contributed by atoms with E-state index >= 15 is 0 Å². The van der Waals surface area contributed by atoms with Gasteiger partial charge >= 0.3 is 0 Å². The zero-order chi connectivity index (χ0) is 11.5. The Labute approximate surface area is 108 Å². The Morgan fingerprint density at radius 2 is 2.27 bits per heavy atom. The van der Waals surface area contributed by atoms with Crippen molar-refractivity contribution < 1.29 is 13.5 Å². The van der Waals surface area contributed by atoms with Crippen LogP contribution in [0.3, 0.4) is 0 Å². The third-order valence-electron chi connectivity index (χ3n) is 1.97. The zero-order valence-corrected chi connectivity index (χ0v) is 12.1. The van der Waals surface area contributed by atoms with Gasteiger partial charge < -0.3 is 5.11 Å². The number of thiophene rings is 1. The minimum Gasteiger partial charge on any atom is -0.388 e. The molecule has 1 aromatic rings. The van der Waals surface area contributed by atoms with E-state index in [1.165, 1.54) is 6.26 Å². The average molecular weight is 360 g/mol. The van der Waals surface area contributed by atoms with Crippen LogP contribution in [0.15, 0.2) is 11.4 Å². The van der Waals surface area contributed by atoms with Gasteiger partial charge in [0, 0.05) is 12.0 Å². The van der Waals surface area contributed by atoms with E-state index in [-0.39, 0.29) is 5.75 Å². The van der Waals surface area contributed by atoms with Crippen molar-refractivity contribution in [3.63, 3.8) is 0 Å². The molecule has 1 N–H and O–H groups in total. The number of hydrogen-bond acceptors (Lipinski definition) is 4. The SMILES string of the molecule is CS(=O)(=O)CCCC(O)c1csc(I)c1. The summed E-state index contributed by atoms with van der Waals surface area (Å²) in [6, 6.07) is 1.93. The maximum atomic E-state index is 10.9. The van der Waals surface area contributed by atoms with E-state index in [2.05, 4.69) is 22.6 Å². The lowest BCUT2D eigenvalue weighted by molar-refractivity contribution is 0.167. The highest BCUT2D eigenvalue weighted by molar-refractivity contribution is 14.1. The molecule has 0 aliphatic heterocycles. The van der Waals surface area contributed by atoms with E-state index in [4.69, 9.17) is 0 Å². The fourth-order valence-electron chi connectivity index (χ4n) is 1.20. The summed E-state index contributed by atoms with van der Waals surface area (Å²) < 4.78 is 22.9. The molecule has 0 saturated carbocycles. The second kappa shape index (κ2) is 5.60. The van der Waals surface area contributed by atoms with Crippen molar-refractivity contribution in [1.82, 2.24) is 0 Å². The number of hydrogen-bond donors (Lipinski definition) is 1. The first kappa shape index (κ1) is 13.4. The van der Waals surface area contributed by atoms with E-state index < -0.39 is 15.9 Å². The van der Waals surface area contributed by atoms with Crippen LogP contribution in [-0.2, 0) is 9.84 Å². The van der Waals surface area contributed by atoms with Crippen molar-refractivity contribution in [3.05, 3.63) is 19.9 Å². The maximum Gasteiger partial charge on any atom is 0.147 e. The normalized spacial score (nSPS) is 14.1. The van der Waals surface area contributed by atoms with Crippen LogP contribution >= 0.6 is 33.9 Å². The number of rotatable bonds is 5. The molecule has 15 heavy (non-hydrogen) atoms. The fourth-order valence-corrected chi connectivity index (χ4v) is 3.31. The first-order valence-electron chi connectivity index (χ1n) is 4.48. The molecule has 0 bridgehead atoms. The Balaban J connectivity index is 2.40. The van der Waals surface area contributed by atoms with Crippen molar-refractivity contribution in [2.45, 2.75) is 18.9 Å². The van der Waals surface area contributed by atoms with E-state index in [1.54, 1.807) is 11.3 Å². The van der Waals surface area contributed by atoms with Gasteiger partial charge in [-0.25, -0.2) is 8.42 Å². The summed E-state index contributed by atoms with van der Waals surface area (Å²) in [7, 11) is -2.91. The van der Waals surface area contributed by atoms with E-state index in [9.17, 15) is 13.5 Å². The molecule has 86 valence electrons. The lowest BCUT2D eigenvalue weighted by atomic mass is 10.1. The molecule has 1 aromatic heterocycles. The van der Waals surface area contributed by atoms with Crippen LogP contribution in [0.2, 0.25) is 0 Å². The lowest BCUT2D eigenvalue weighted by Crippen LogP contribution is -2.05. The van der Waals surface area contributed by atoms with Gasteiger partial charge in [-0.3, -0.25) is 0 Å². The Bertz CT molecular complexity index is 411. The van der Waals surface area contributed by atoms with Crippen molar-refractivity contribution >= 4 is 43.8 Å². The summed E-state index contributed by atoms with van der Waals surface area (Å²) in [6.45, 7) is 0. The summed E-state index contributed by atoms with van der Waals surface area (Å²) >= 11 is 3.78. The number of sulfone groups is 1. The Kier molecular flexibility index (Phi) is 5.01. The highest BCUT2D eigenvalue weighted by atomic mass is 127. The molecular weight excluding hydrogens is 347 g/mol. The van der Waals surface area contributed by atoms with Crippen LogP contribution in [0.5, 0.6) is 0 Å². The Morgan fingerprint density at radius 1 is 1.60 bits per heavy atom. The predicted octanol–water partition coefficient (Wildman–Crippen LogP) is 2.21. The van der Waals surface area contributed by atoms with Crippen molar-refractivity contribution in [1.29, 1.82) is 0 Å². The smallest absolute Gasteiger partial charge is 0.147 e. The lowest BCUT2D eigenvalue weighted by Gasteiger charge is -2.07. The van der Waals surface area contributed by atoms with Gasteiger partial charge in [0.25, 0.3) is 0 Å². The molecule has 0 aliphatic carbocycles. The van der Waals surface area contributed by atoms with Gasteiger partial charge in [-0.2, -0.15) is 0 Å². The van der Waals surface area contributed by atoms with Crippen LogP contribution in [0, 0.1) is 2.88 Å². The quantitative estimate of drug-likeness (QED) is 0.820. The van der Waals surface area contributed by atoms with Crippen LogP contribution in [-0.4, -0.2) is 25.5 Å². The second-order valence-corrected chi connectivity index (χ2v) is 8.54. The van der Waals surface area contributed by atoms with Gasteiger partial charge in [0.05, 0.1) is 8.99 Å². The standard InChI is InChI=1S/C9H13IO3S2/c1-15(12,13)4-2-3-8(11)7-5-9(10)14-6-7/h5-6,8,11H,2-4H2,1H3. The molecule has 6 heteroatoms. The van der Waals surface area contributed by atoms with E-state index in [1.807, 2.05) is 11.4 Å². The summed E-state index contributed by atoms with van der Waals surface area (Å²) in [4.78, 5) is 0. The molecular formula is C9H13IO3S2. The monoisotopic (exact) mass is 360 g/mol. The topological polar surface area (TPSA) is 54.4 Å². The summed E-state index contributed by atoms with van der Waals surface area (Å²) in [5.74, 6) is 0.144. The largest absolute Gasteiger partial charge is 0.388 e. The van der Waals surface area contributed by atoms with Gasteiger partial charge in [-0.05, 0) is 52.4 Å². The van der Waals surface area contributed by atoms with Gasteiger partial charge in [-0.1, -0.05) is 0 Å². The van der Waals surface area contributed by atoms with Gasteiger partial charge in [0.2, 0.25) is 0 Å². The Morgan fingerprint density at radius 3 is 2.73 bits per heavy atom. The zero-order valence-electron chi connectivity index (χ0n) is 8.31. The molecule has 0 spiro atoms. The first-order chi connectivity index (χ1) is 6.88. The van der Waals surface area contributed by atoms with E-state index in [0.717, 1.165) is 8.45 Å². The molecule has 3 nitrogen and oxygen atoms in total. The molecule has 0 saturated heterocycles. The number of halogens is 1.